The molecule has 0 radical (unpaired) electrons. The molecule has 2 aromatic rings. The predicted molar refractivity (Wildman–Crippen MR) is 88.5 cm³/mol. The van der Waals surface area contributed by atoms with Gasteiger partial charge in [0.15, 0.2) is 0 Å². The van der Waals surface area contributed by atoms with E-state index in [-0.39, 0.29) is 17.7 Å². The molecule has 22 heavy (non-hydrogen) atoms. The first kappa shape index (κ1) is 15.8. The van der Waals surface area contributed by atoms with Gasteiger partial charge in [-0.25, -0.2) is 0 Å². The number of amides is 2. The summed E-state index contributed by atoms with van der Waals surface area (Å²) in [6.07, 6.45) is 0.829. The highest BCUT2D eigenvalue weighted by atomic mass is 16.2. The topological polar surface area (TPSA) is 58.2 Å². The molecule has 2 aromatic carbocycles. The quantitative estimate of drug-likeness (QED) is 0.854. The van der Waals surface area contributed by atoms with Gasteiger partial charge in [0, 0.05) is 23.7 Å². The summed E-state index contributed by atoms with van der Waals surface area (Å²) in [5.74, 6) is -0.369. The first-order valence-electron chi connectivity index (χ1n) is 7.36. The van der Waals surface area contributed by atoms with E-state index in [1.165, 1.54) is 0 Å². The average molecular weight is 296 g/mol. The number of carbonyl (C=O) groups excluding carboxylic acids is 2. The highest BCUT2D eigenvalue weighted by molar-refractivity contribution is 5.94. The van der Waals surface area contributed by atoms with E-state index in [1.54, 1.807) is 0 Å². The van der Waals surface area contributed by atoms with E-state index in [9.17, 15) is 9.59 Å². The standard InChI is InChI=1S/C18H20N2O2/c1-14(18(22)20-16-10-6-3-7-11-16)12-13-17(21)19-15-8-4-2-5-9-15/h2-11,14H,12-13H2,1H3,(H,19,21)(H,20,22). The fourth-order valence-electron chi connectivity index (χ4n) is 2.01. The van der Waals surface area contributed by atoms with Crippen molar-refractivity contribution in [2.45, 2.75) is 19.8 Å². The molecule has 0 aliphatic rings. The molecule has 0 spiro atoms. The monoisotopic (exact) mass is 296 g/mol. The molecule has 4 nitrogen and oxygen atoms in total. The third-order valence-electron chi connectivity index (χ3n) is 3.35. The molecule has 0 aliphatic carbocycles. The summed E-state index contributed by atoms with van der Waals surface area (Å²) < 4.78 is 0. The van der Waals surface area contributed by atoms with Gasteiger partial charge in [0.05, 0.1) is 0 Å². The van der Waals surface area contributed by atoms with Crippen LogP contribution in [0, 0.1) is 5.92 Å². The Bertz CT molecular complexity index is 611. The molecule has 1 unspecified atom stereocenters. The summed E-state index contributed by atoms with van der Waals surface area (Å²) in [6.45, 7) is 1.83. The van der Waals surface area contributed by atoms with E-state index in [2.05, 4.69) is 10.6 Å². The van der Waals surface area contributed by atoms with Crippen LogP contribution in [0.2, 0.25) is 0 Å². The van der Waals surface area contributed by atoms with Gasteiger partial charge in [-0.3, -0.25) is 9.59 Å². The lowest BCUT2D eigenvalue weighted by molar-refractivity contribution is -0.120. The van der Waals surface area contributed by atoms with Gasteiger partial charge in [-0.15, -0.1) is 0 Å². The largest absolute Gasteiger partial charge is 0.326 e. The van der Waals surface area contributed by atoms with Gasteiger partial charge >= 0.3 is 0 Å². The van der Waals surface area contributed by atoms with Gasteiger partial charge in [-0.05, 0) is 30.7 Å². The average Bonchev–Trinajstić information content (AvgIpc) is 2.54. The third-order valence-corrected chi connectivity index (χ3v) is 3.35. The van der Waals surface area contributed by atoms with Crippen LogP contribution in [-0.2, 0) is 9.59 Å². The van der Waals surface area contributed by atoms with Crippen molar-refractivity contribution in [2.24, 2.45) is 5.92 Å². The number of carbonyl (C=O) groups is 2. The van der Waals surface area contributed by atoms with Crippen LogP contribution in [0.4, 0.5) is 11.4 Å². The van der Waals surface area contributed by atoms with Gasteiger partial charge in [-0.2, -0.15) is 0 Å². The fourth-order valence-corrected chi connectivity index (χ4v) is 2.01. The normalized spacial score (nSPS) is 11.5. The first-order valence-corrected chi connectivity index (χ1v) is 7.36. The minimum absolute atomic E-state index is 0.0706. The van der Waals surface area contributed by atoms with E-state index >= 15 is 0 Å². The number of para-hydroxylation sites is 2. The number of nitrogens with one attached hydrogen (secondary N) is 2. The lowest BCUT2D eigenvalue weighted by Gasteiger charge is -2.12. The lowest BCUT2D eigenvalue weighted by atomic mass is 10.0. The molecule has 114 valence electrons. The van der Waals surface area contributed by atoms with Gasteiger partial charge in [0.2, 0.25) is 11.8 Å². The molecular weight excluding hydrogens is 276 g/mol. The maximum Gasteiger partial charge on any atom is 0.227 e. The van der Waals surface area contributed by atoms with Crippen LogP contribution >= 0.6 is 0 Å². The van der Waals surface area contributed by atoms with Crippen LogP contribution in [-0.4, -0.2) is 11.8 Å². The van der Waals surface area contributed by atoms with Gasteiger partial charge in [0.25, 0.3) is 0 Å². The molecule has 0 aliphatic heterocycles. The van der Waals surface area contributed by atoms with Crippen molar-refractivity contribution in [3.05, 3.63) is 60.7 Å². The molecule has 2 N–H and O–H groups in total. The Morgan fingerprint density at radius 3 is 1.91 bits per heavy atom. The zero-order valence-corrected chi connectivity index (χ0v) is 12.6. The predicted octanol–water partition coefficient (Wildman–Crippen LogP) is 3.68. The summed E-state index contributed by atoms with van der Waals surface area (Å²) in [7, 11) is 0. The molecule has 0 fully saturated rings. The smallest absolute Gasteiger partial charge is 0.227 e. The second-order valence-electron chi connectivity index (χ2n) is 5.21. The Morgan fingerprint density at radius 2 is 1.36 bits per heavy atom. The molecule has 2 amide bonds. The molecular formula is C18H20N2O2. The summed E-state index contributed by atoms with van der Waals surface area (Å²) >= 11 is 0. The minimum atomic E-state index is -0.221. The Labute approximate surface area is 130 Å². The lowest BCUT2D eigenvalue weighted by Crippen LogP contribution is -2.22. The maximum absolute atomic E-state index is 12.0. The molecule has 1 atom stereocenters. The Morgan fingerprint density at radius 1 is 0.864 bits per heavy atom. The summed E-state index contributed by atoms with van der Waals surface area (Å²) in [5, 5.41) is 5.66. The van der Waals surface area contributed by atoms with Crippen LogP contribution in [0.25, 0.3) is 0 Å². The summed E-state index contributed by atoms with van der Waals surface area (Å²) in [4.78, 5) is 23.9. The second-order valence-corrected chi connectivity index (χ2v) is 5.21. The van der Waals surface area contributed by atoms with Gasteiger partial charge in [0.1, 0.15) is 0 Å². The highest BCUT2D eigenvalue weighted by Gasteiger charge is 2.14. The molecule has 0 aromatic heterocycles. The van der Waals surface area contributed by atoms with Crippen molar-refractivity contribution in [2.75, 3.05) is 10.6 Å². The van der Waals surface area contributed by atoms with Crippen molar-refractivity contribution in [3.63, 3.8) is 0 Å². The first-order chi connectivity index (χ1) is 10.6. The van der Waals surface area contributed by atoms with E-state index in [1.807, 2.05) is 67.6 Å². The van der Waals surface area contributed by atoms with Crippen LogP contribution in [0.15, 0.2) is 60.7 Å². The molecule has 0 saturated heterocycles. The summed E-state index contributed by atoms with van der Waals surface area (Å²) in [6, 6.07) is 18.6. The van der Waals surface area contributed by atoms with Crippen LogP contribution in [0.3, 0.4) is 0 Å². The van der Waals surface area contributed by atoms with E-state index < -0.39 is 0 Å². The summed E-state index contributed by atoms with van der Waals surface area (Å²) in [5.41, 5.74) is 1.54. The minimum Gasteiger partial charge on any atom is -0.326 e. The van der Waals surface area contributed by atoms with Crippen LogP contribution < -0.4 is 10.6 Å². The van der Waals surface area contributed by atoms with Crippen molar-refractivity contribution >= 4 is 23.2 Å². The zero-order chi connectivity index (χ0) is 15.8. The third kappa shape index (κ3) is 5.05. The molecule has 0 bridgehead atoms. The fraction of sp³-hybridized carbons (Fsp3) is 0.222. The van der Waals surface area contributed by atoms with Gasteiger partial charge < -0.3 is 10.6 Å². The van der Waals surface area contributed by atoms with Crippen LogP contribution in [0.5, 0.6) is 0 Å². The van der Waals surface area contributed by atoms with Crippen molar-refractivity contribution in [1.29, 1.82) is 0 Å². The molecule has 2 rings (SSSR count). The molecule has 0 heterocycles. The maximum atomic E-state index is 12.0. The zero-order valence-electron chi connectivity index (χ0n) is 12.6. The SMILES string of the molecule is CC(CCC(=O)Nc1ccccc1)C(=O)Nc1ccccc1. The molecule has 4 heteroatoms. The van der Waals surface area contributed by atoms with E-state index in [4.69, 9.17) is 0 Å². The number of benzene rings is 2. The number of rotatable bonds is 6. The number of anilines is 2. The van der Waals surface area contributed by atoms with Crippen LogP contribution in [0.1, 0.15) is 19.8 Å². The van der Waals surface area contributed by atoms with E-state index in [0.717, 1.165) is 11.4 Å². The molecule has 0 saturated carbocycles. The van der Waals surface area contributed by atoms with E-state index in [0.29, 0.717) is 12.8 Å². The van der Waals surface area contributed by atoms with Crippen molar-refractivity contribution in [3.8, 4) is 0 Å². The van der Waals surface area contributed by atoms with Crippen molar-refractivity contribution < 1.29 is 9.59 Å². The Balaban J connectivity index is 1.76. The van der Waals surface area contributed by atoms with Gasteiger partial charge in [-0.1, -0.05) is 43.3 Å². The Kier molecular flexibility index (Phi) is 5.72. The number of hydrogen-bond donors (Lipinski definition) is 2. The second kappa shape index (κ2) is 7.98. The Hall–Kier alpha value is -2.62. The number of hydrogen-bond acceptors (Lipinski definition) is 2. The highest BCUT2D eigenvalue weighted by Crippen LogP contribution is 2.13. The van der Waals surface area contributed by atoms with Crippen molar-refractivity contribution in [1.82, 2.24) is 0 Å².